The van der Waals surface area contributed by atoms with Crippen molar-refractivity contribution < 1.29 is 18.1 Å². The summed E-state index contributed by atoms with van der Waals surface area (Å²) < 4.78 is 38.3. The van der Waals surface area contributed by atoms with Gasteiger partial charge in [-0.1, -0.05) is 19.1 Å². The van der Waals surface area contributed by atoms with Crippen LogP contribution in [0.2, 0.25) is 0 Å². The van der Waals surface area contributed by atoms with Crippen LogP contribution < -0.4 is 5.56 Å². The van der Waals surface area contributed by atoms with Crippen LogP contribution in [0.4, 0.5) is 18.9 Å². The van der Waals surface area contributed by atoms with E-state index in [9.17, 15) is 28.1 Å². The Morgan fingerprint density at radius 1 is 1.37 bits per heavy atom. The first-order chi connectivity index (χ1) is 12.7. The number of fused-ring (bicyclic) bond motifs is 1. The Hall–Kier alpha value is -2.75. The van der Waals surface area contributed by atoms with Crippen LogP contribution >= 0.6 is 0 Å². The van der Waals surface area contributed by atoms with Gasteiger partial charge in [0.15, 0.2) is 0 Å². The number of H-pyrrole nitrogens is 1. The van der Waals surface area contributed by atoms with Crippen LogP contribution in [0.15, 0.2) is 23.0 Å². The number of nitro groups is 1. The number of halogens is 3. The van der Waals surface area contributed by atoms with Crippen molar-refractivity contribution in [3.63, 3.8) is 0 Å². The van der Waals surface area contributed by atoms with Gasteiger partial charge in [0.2, 0.25) is 5.82 Å². The smallest absolute Gasteiger partial charge is 0.303 e. The Kier molecular flexibility index (Phi) is 5.01. The molecule has 0 aliphatic carbocycles. The van der Waals surface area contributed by atoms with E-state index < -0.39 is 22.5 Å². The van der Waals surface area contributed by atoms with Crippen molar-refractivity contribution in [1.29, 1.82) is 0 Å². The topological polar surface area (TPSA) is 92.1 Å². The summed E-state index contributed by atoms with van der Waals surface area (Å²) >= 11 is 0. The lowest BCUT2D eigenvalue weighted by molar-refractivity contribution is -0.385. The number of hydrogen-bond acceptors (Lipinski definition) is 5. The molecule has 3 rings (SSSR count). The summed E-state index contributed by atoms with van der Waals surface area (Å²) in [5, 5.41) is 11.2. The second-order valence-corrected chi connectivity index (χ2v) is 6.37. The molecule has 1 aromatic heterocycles. The molecule has 0 spiro atoms. The molecule has 0 unspecified atom stereocenters. The summed E-state index contributed by atoms with van der Waals surface area (Å²) in [6.45, 7) is 2.73. The Labute approximate surface area is 152 Å². The second kappa shape index (κ2) is 7.10. The summed E-state index contributed by atoms with van der Waals surface area (Å²) in [5.41, 5.74) is 0.932. The maximum absolute atomic E-state index is 12.8. The first-order valence-corrected chi connectivity index (χ1v) is 8.37. The fraction of sp³-hybridized carbons (Fsp3) is 0.412. The lowest BCUT2D eigenvalue weighted by Gasteiger charge is -2.27. The molecule has 1 aromatic carbocycles. The number of aromatic nitrogens is 2. The number of nitro benzene ring substituents is 1. The SMILES string of the molecule is CCc1ccc(CN2CCc3nc(C(F)(F)F)[nH]c(=O)c3C2)cc1[N+](=O)[O-]. The zero-order valence-corrected chi connectivity index (χ0v) is 14.5. The van der Waals surface area contributed by atoms with Crippen molar-refractivity contribution in [3.05, 3.63) is 66.9 Å². The fourth-order valence-corrected chi connectivity index (χ4v) is 3.19. The van der Waals surface area contributed by atoms with Crippen molar-refractivity contribution in [3.8, 4) is 0 Å². The lowest BCUT2D eigenvalue weighted by Crippen LogP contribution is -2.36. The van der Waals surface area contributed by atoms with E-state index in [1.54, 1.807) is 17.1 Å². The van der Waals surface area contributed by atoms with Crippen molar-refractivity contribution in [2.75, 3.05) is 6.54 Å². The van der Waals surface area contributed by atoms with Gasteiger partial charge in [-0.25, -0.2) is 4.98 Å². The predicted molar refractivity (Wildman–Crippen MR) is 90.2 cm³/mol. The van der Waals surface area contributed by atoms with Gasteiger partial charge in [-0.05, 0) is 12.0 Å². The number of aromatic amines is 1. The quantitative estimate of drug-likeness (QED) is 0.648. The van der Waals surface area contributed by atoms with E-state index in [2.05, 4.69) is 4.98 Å². The van der Waals surface area contributed by atoms with Gasteiger partial charge in [0.05, 0.1) is 16.2 Å². The molecule has 1 aliphatic rings. The molecule has 1 aliphatic heterocycles. The van der Waals surface area contributed by atoms with Crippen LogP contribution in [-0.2, 0) is 32.1 Å². The van der Waals surface area contributed by atoms with Gasteiger partial charge in [0, 0.05) is 37.7 Å². The van der Waals surface area contributed by atoms with E-state index in [1.807, 2.05) is 11.8 Å². The van der Waals surface area contributed by atoms with Crippen molar-refractivity contribution >= 4 is 5.69 Å². The molecule has 2 heterocycles. The van der Waals surface area contributed by atoms with Gasteiger partial charge >= 0.3 is 6.18 Å². The molecule has 0 amide bonds. The molecule has 144 valence electrons. The van der Waals surface area contributed by atoms with Crippen LogP contribution in [0.1, 0.15) is 35.1 Å². The fourth-order valence-electron chi connectivity index (χ4n) is 3.19. The summed E-state index contributed by atoms with van der Waals surface area (Å²) in [7, 11) is 0. The Bertz CT molecular complexity index is 940. The van der Waals surface area contributed by atoms with Crippen molar-refractivity contribution in [2.24, 2.45) is 0 Å². The number of benzene rings is 1. The van der Waals surface area contributed by atoms with E-state index in [4.69, 9.17) is 0 Å². The summed E-state index contributed by atoms with van der Waals surface area (Å²) in [5.74, 6) is -1.29. The van der Waals surface area contributed by atoms with Gasteiger partial charge in [0.25, 0.3) is 11.2 Å². The highest BCUT2D eigenvalue weighted by molar-refractivity contribution is 5.43. The van der Waals surface area contributed by atoms with Crippen LogP contribution in [0, 0.1) is 10.1 Å². The van der Waals surface area contributed by atoms with E-state index in [0.717, 1.165) is 0 Å². The third-order valence-electron chi connectivity index (χ3n) is 4.55. The molecule has 7 nitrogen and oxygen atoms in total. The molecule has 0 saturated heterocycles. The molecule has 1 N–H and O–H groups in total. The summed E-state index contributed by atoms with van der Waals surface area (Å²) in [6.07, 6.45) is -3.96. The molecule has 0 bridgehead atoms. The molecular weight excluding hydrogens is 365 g/mol. The first-order valence-electron chi connectivity index (χ1n) is 8.37. The van der Waals surface area contributed by atoms with Gasteiger partial charge in [-0.2, -0.15) is 13.2 Å². The maximum atomic E-state index is 12.8. The van der Waals surface area contributed by atoms with E-state index in [0.29, 0.717) is 30.6 Å². The minimum atomic E-state index is -4.70. The molecule has 0 saturated carbocycles. The standard InChI is InChI=1S/C17H17F3N4O3/c1-2-11-4-3-10(7-14(11)24(26)27)8-23-6-5-13-12(9-23)15(25)22-16(21-13)17(18,19)20/h3-4,7H,2,5-6,8-9H2,1H3,(H,21,22,25). The largest absolute Gasteiger partial charge is 0.449 e. The Morgan fingerprint density at radius 3 is 2.74 bits per heavy atom. The second-order valence-electron chi connectivity index (χ2n) is 6.37. The third kappa shape index (κ3) is 4.00. The van der Waals surface area contributed by atoms with Crippen LogP contribution in [0.5, 0.6) is 0 Å². The summed E-state index contributed by atoms with van der Waals surface area (Å²) in [4.78, 5) is 30.0. The van der Waals surface area contributed by atoms with Gasteiger partial charge in [-0.15, -0.1) is 0 Å². The van der Waals surface area contributed by atoms with Crippen molar-refractivity contribution in [2.45, 2.75) is 39.0 Å². The average Bonchev–Trinajstić information content (AvgIpc) is 2.61. The molecular formula is C17H17F3N4O3. The number of hydrogen-bond donors (Lipinski definition) is 1. The highest BCUT2D eigenvalue weighted by Crippen LogP contribution is 2.27. The first kappa shape index (κ1) is 19.0. The molecule has 0 atom stereocenters. The molecule has 10 heteroatoms. The molecule has 0 fully saturated rings. The highest BCUT2D eigenvalue weighted by atomic mass is 19.4. The maximum Gasteiger partial charge on any atom is 0.449 e. The van der Waals surface area contributed by atoms with Crippen LogP contribution in [0.25, 0.3) is 0 Å². The monoisotopic (exact) mass is 382 g/mol. The molecule has 2 aromatic rings. The number of nitrogens with zero attached hydrogens (tertiary/aromatic N) is 3. The normalized spacial score (nSPS) is 14.8. The number of nitrogens with one attached hydrogen (secondary N) is 1. The van der Waals surface area contributed by atoms with Crippen molar-refractivity contribution in [1.82, 2.24) is 14.9 Å². The van der Waals surface area contributed by atoms with Gasteiger partial charge in [-0.3, -0.25) is 19.8 Å². The average molecular weight is 382 g/mol. The van der Waals surface area contributed by atoms with Crippen LogP contribution in [-0.4, -0.2) is 26.3 Å². The third-order valence-corrected chi connectivity index (χ3v) is 4.55. The van der Waals surface area contributed by atoms with Crippen LogP contribution in [0.3, 0.4) is 0 Å². The van der Waals surface area contributed by atoms with E-state index >= 15 is 0 Å². The Morgan fingerprint density at radius 2 is 2.11 bits per heavy atom. The Balaban J connectivity index is 1.82. The van der Waals surface area contributed by atoms with Gasteiger partial charge < -0.3 is 4.98 Å². The molecule has 0 radical (unpaired) electrons. The van der Waals surface area contributed by atoms with E-state index in [-0.39, 0.29) is 29.9 Å². The minimum Gasteiger partial charge on any atom is -0.303 e. The number of alkyl halides is 3. The lowest BCUT2D eigenvalue weighted by atomic mass is 10.0. The zero-order valence-electron chi connectivity index (χ0n) is 14.5. The minimum absolute atomic E-state index is 0.0433. The van der Waals surface area contributed by atoms with Gasteiger partial charge in [0.1, 0.15) is 0 Å². The zero-order chi connectivity index (χ0) is 19.8. The number of rotatable bonds is 4. The highest BCUT2D eigenvalue weighted by Gasteiger charge is 2.36. The predicted octanol–water partition coefficient (Wildman–Crippen LogP) is 2.82. The molecule has 27 heavy (non-hydrogen) atoms. The summed E-state index contributed by atoms with van der Waals surface area (Å²) in [6, 6.07) is 5.00. The van der Waals surface area contributed by atoms with E-state index in [1.165, 1.54) is 6.07 Å². The number of aryl methyl sites for hydroxylation is 1.